The average Bonchev–Trinajstić information content (AvgIpc) is 3.09. The Morgan fingerprint density at radius 2 is 1.88 bits per heavy atom. The molecule has 26 heavy (non-hydrogen) atoms. The van der Waals surface area contributed by atoms with Gasteiger partial charge in [0.25, 0.3) is 5.56 Å². The van der Waals surface area contributed by atoms with Crippen LogP contribution in [0.25, 0.3) is 28.4 Å². The van der Waals surface area contributed by atoms with Gasteiger partial charge in [-0.3, -0.25) is 14.2 Å². The van der Waals surface area contributed by atoms with Gasteiger partial charge in [-0.1, -0.05) is 42.0 Å². The van der Waals surface area contributed by atoms with E-state index in [-0.39, 0.29) is 5.56 Å². The van der Waals surface area contributed by atoms with Crippen LogP contribution in [-0.4, -0.2) is 14.4 Å². The van der Waals surface area contributed by atoms with Crippen molar-refractivity contribution in [3.8, 4) is 11.3 Å². The summed E-state index contributed by atoms with van der Waals surface area (Å²) < 4.78 is 1.70. The predicted molar refractivity (Wildman–Crippen MR) is 107 cm³/mol. The number of hydrogen-bond acceptors (Lipinski definition) is 4. The van der Waals surface area contributed by atoms with Crippen molar-refractivity contribution in [1.29, 1.82) is 0 Å². The molecule has 4 nitrogen and oxygen atoms in total. The van der Waals surface area contributed by atoms with Gasteiger partial charge in [0.2, 0.25) is 0 Å². The highest BCUT2D eigenvalue weighted by atomic mass is 32.1. The molecule has 0 spiro atoms. The van der Waals surface area contributed by atoms with Crippen molar-refractivity contribution in [2.75, 3.05) is 0 Å². The van der Waals surface area contributed by atoms with Crippen LogP contribution >= 0.6 is 11.3 Å². The maximum absolute atomic E-state index is 13.0. The van der Waals surface area contributed by atoms with Crippen LogP contribution < -0.4 is 5.56 Å². The second-order valence-corrected chi connectivity index (χ2v) is 6.99. The first-order chi connectivity index (χ1) is 12.6. The Morgan fingerprint density at radius 1 is 1.08 bits per heavy atom. The summed E-state index contributed by atoms with van der Waals surface area (Å²) in [5, 5.41) is 1.99. The number of rotatable bonds is 3. The lowest BCUT2D eigenvalue weighted by Gasteiger charge is -2.05. The number of fused-ring (bicyclic) bond motifs is 1. The van der Waals surface area contributed by atoms with Crippen LogP contribution in [0.2, 0.25) is 0 Å². The van der Waals surface area contributed by atoms with E-state index in [1.807, 2.05) is 55.6 Å². The molecule has 0 amide bonds. The number of pyridine rings is 1. The maximum atomic E-state index is 13.0. The largest absolute Gasteiger partial charge is 0.269 e. The summed E-state index contributed by atoms with van der Waals surface area (Å²) in [6.07, 6.45) is 7.31. The molecule has 0 radical (unpaired) electrons. The van der Waals surface area contributed by atoms with Gasteiger partial charge in [0.15, 0.2) is 4.96 Å². The Bertz CT molecular complexity index is 1160. The van der Waals surface area contributed by atoms with Crippen molar-refractivity contribution in [3.63, 3.8) is 0 Å². The minimum atomic E-state index is -0.0299. The third kappa shape index (κ3) is 2.97. The van der Waals surface area contributed by atoms with E-state index in [2.05, 4.69) is 22.1 Å². The fourth-order valence-electron chi connectivity index (χ4n) is 2.79. The monoisotopic (exact) mass is 359 g/mol. The standard InChI is InChI=1S/C21H17N3OS/c1-14-5-8-17(9-6-14)19-13-26-21-23-18(15(2)20(25)24(19)21)10-7-16-4-3-11-22-12-16/h3-13H,1-2H3/b10-7+. The predicted octanol–water partition coefficient (Wildman–Crippen LogP) is 4.61. The highest BCUT2D eigenvalue weighted by Crippen LogP contribution is 2.25. The zero-order valence-corrected chi connectivity index (χ0v) is 15.3. The molecule has 4 rings (SSSR count). The van der Waals surface area contributed by atoms with Crippen LogP contribution in [-0.2, 0) is 0 Å². The van der Waals surface area contributed by atoms with E-state index in [1.54, 1.807) is 16.8 Å². The quantitative estimate of drug-likeness (QED) is 0.537. The second kappa shape index (κ2) is 6.69. The van der Waals surface area contributed by atoms with E-state index in [1.165, 1.54) is 16.9 Å². The smallest absolute Gasteiger partial charge is 0.262 e. The molecular formula is C21H17N3OS. The zero-order valence-electron chi connectivity index (χ0n) is 14.5. The lowest BCUT2D eigenvalue weighted by Crippen LogP contribution is -2.18. The molecule has 0 aliphatic carbocycles. The van der Waals surface area contributed by atoms with Crippen molar-refractivity contribution >= 4 is 28.4 Å². The first-order valence-corrected chi connectivity index (χ1v) is 9.17. The van der Waals surface area contributed by atoms with Gasteiger partial charge in [-0.2, -0.15) is 0 Å². The molecule has 0 N–H and O–H groups in total. The van der Waals surface area contributed by atoms with E-state index in [9.17, 15) is 4.79 Å². The van der Waals surface area contributed by atoms with Crippen molar-refractivity contribution in [3.05, 3.63) is 86.9 Å². The lowest BCUT2D eigenvalue weighted by molar-refractivity contribution is 1.04. The Morgan fingerprint density at radius 3 is 2.62 bits per heavy atom. The van der Waals surface area contributed by atoms with E-state index >= 15 is 0 Å². The van der Waals surface area contributed by atoms with Gasteiger partial charge in [0.1, 0.15) is 0 Å². The summed E-state index contributed by atoms with van der Waals surface area (Å²) >= 11 is 1.48. The third-order valence-electron chi connectivity index (χ3n) is 4.30. The van der Waals surface area contributed by atoms with E-state index in [0.717, 1.165) is 16.8 Å². The minimum absolute atomic E-state index is 0.0299. The molecule has 0 fully saturated rings. The zero-order chi connectivity index (χ0) is 18.1. The number of hydrogen-bond donors (Lipinski definition) is 0. The van der Waals surface area contributed by atoms with Gasteiger partial charge in [-0.15, -0.1) is 11.3 Å². The van der Waals surface area contributed by atoms with Gasteiger partial charge >= 0.3 is 0 Å². The maximum Gasteiger partial charge on any atom is 0.262 e. The fourth-order valence-corrected chi connectivity index (χ4v) is 3.68. The summed E-state index contributed by atoms with van der Waals surface area (Å²) in [6.45, 7) is 3.87. The molecule has 3 heterocycles. The van der Waals surface area contributed by atoms with Crippen LogP contribution in [0, 0.1) is 13.8 Å². The lowest BCUT2D eigenvalue weighted by atomic mass is 10.1. The van der Waals surface area contributed by atoms with E-state index in [4.69, 9.17) is 0 Å². The Hall–Kier alpha value is -3.05. The van der Waals surface area contributed by atoms with E-state index in [0.29, 0.717) is 16.2 Å². The molecule has 1 aromatic carbocycles. The molecule has 0 unspecified atom stereocenters. The number of nitrogens with zero attached hydrogens (tertiary/aromatic N) is 3. The first-order valence-electron chi connectivity index (χ1n) is 8.29. The normalized spacial score (nSPS) is 11.5. The minimum Gasteiger partial charge on any atom is -0.269 e. The van der Waals surface area contributed by atoms with Crippen molar-refractivity contribution in [2.24, 2.45) is 0 Å². The number of thiazole rings is 1. The van der Waals surface area contributed by atoms with Gasteiger partial charge in [0, 0.05) is 23.3 Å². The van der Waals surface area contributed by atoms with Crippen molar-refractivity contribution < 1.29 is 0 Å². The fraction of sp³-hybridized carbons (Fsp3) is 0.0952. The highest BCUT2D eigenvalue weighted by Gasteiger charge is 2.13. The number of benzene rings is 1. The van der Waals surface area contributed by atoms with Crippen LogP contribution in [0.5, 0.6) is 0 Å². The topological polar surface area (TPSA) is 47.3 Å². The molecule has 0 aliphatic heterocycles. The highest BCUT2D eigenvalue weighted by molar-refractivity contribution is 7.15. The Kier molecular flexibility index (Phi) is 4.22. The molecule has 128 valence electrons. The SMILES string of the molecule is Cc1ccc(-c2csc3nc(/C=C/c4cccnc4)c(C)c(=O)n23)cc1. The van der Waals surface area contributed by atoms with Crippen LogP contribution in [0.1, 0.15) is 22.4 Å². The van der Waals surface area contributed by atoms with Gasteiger partial charge in [-0.25, -0.2) is 4.98 Å². The molecule has 0 saturated carbocycles. The second-order valence-electron chi connectivity index (χ2n) is 6.15. The van der Waals surface area contributed by atoms with Gasteiger partial charge in [-0.05, 0) is 37.1 Å². The summed E-state index contributed by atoms with van der Waals surface area (Å²) in [6, 6.07) is 12.0. The summed E-state index contributed by atoms with van der Waals surface area (Å²) in [7, 11) is 0. The summed E-state index contributed by atoms with van der Waals surface area (Å²) in [4.78, 5) is 22.4. The molecule has 0 atom stereocenters. The van der Waals surface area contributed by atoms with E-state index < -0.39 is 0 Å². The molecule has 3 aromatic heterocycles. The molecule has 0 aliphatic rings. The van der Waals surface area contributed by atoms with Crippen molar-refractivity contribution in [1.82, 2.24) is 14.4 Å². The van der Waals surface area contributed by atoms with Crippen molar-refractivity contribution in [2.45, 2.75) is 13.8 Å². The Balaban J connectivity index is 1.82. The molecular weight excluding hydrogens is 342 g/mol. The average molecular weight is 359 g/mol. The van der Waals surface area contributed by atoms with Gasteiger partial charge < -0.3 is 0 Å². The molecule has 0 saturated heterocycles. The summed E-state index contributed by atoms with van der Waals surface area (Å²) in [5.41, 5.74) is 5.36. The first kappa shape index (κ1) is 16.4. The Labute approximate surface area is 155 Å². The summed E-state index contributed by atoms with van der Waals surface area (Å²) in [5.74, 6) is 0. The number of aryl methyl sites for hydroxylation is 1. The van der Waals surface area contributed by atoms with Crippen LogP contribution in [0.3, 0.4) is 0 Å². The van der Waals surface area contributed by atoms with Crippen LogP contribution in [0.15, 0.2) is 59.0 Å². The van der Waals surface area contributed by atoms with Crippen LogP contribution in [0.4, 0.5) is 0 Å². The molecule has 0 bridgehead atoms. The molecule has 5 heteroatoms. The molecule has 4 aromatic rings. The van der Waals surface area contributed by atoms with Gasteiger partial charge in [0.05, 0.1) is 11.4 Å². The number of aromatic nitrogens is 3. The third-order valence-corrected chi connectivity index (χ3v) is 5.12.